The van der Waals surface area contributed by atoms with Crippen LogP contribution in [0.2, 0.25) is 0 Å². The van der Waals surface area contributed by atoms with Crippen molar-refractivity contribution in [1.82, 2.24) is 5.32 Å². The predicted octanol–water partition coefficient (Wildman–Crippen LogP) is 0.0791. The highest BCUT2D eigenvalue weighted by Gasteiger charge is 2.12. The van der Waals surface area contributed by atoms with E-state index >= 15 is 0 Å². The van der Waals surface area contributed by atoms with Crippen LogP contribution in [0.25, 0.3) is 0 Å². The van der Waals surface area contributed by atoms with E-state index in [0.29, 0.717) is 13.2 Å². The third-order valence-electron chi connectivity index (χ3n) is 1.41. The van der Waals surface area contributed by atoms with Crippen LogP contribution in [-0.4, -0.2) is 26.0 Å². The summed E-state index contributed by atoms with van der Waals surface area (Å²) < 4.78 is 4.91. The number of ketones is 1. The molecule has 3 heteroatoms. The molecule has 1 aliphatic heterocycles. The monoisotopic (exact) mass is 141 g/mol. The van der Waals surface area contributed by atoms with Crippen molar-refractivity contribution in [2.45, 2.75) is 6.42 Å². The second kappa shape index (κ2) is 3.37. The van der Waals surface area contributed by atoms with Crippen molar-refractivity contribution in [3.8, 4) is 0 Å². The van der Waals surface area contributed by atoms with Crippen LogP contribution in [0.4, 0.5) is 0 Å². The van der Waals surface area contributed by atoms with Gasteiger partial charge in [0.15, 0.2) is 5.78 Å². The second-order valence-electron chi connectivity index (χ2n) is 2.22. The highest BCUT2D eigenvalue weighted by molar-refractivity contribution is 5.96. The van der Waals surface area contributed by atoms with Crippen LogP contribution in [-0.2, 0) is 9.53 Å². The number of likely N-dealkylation sites (N-methyl/N-ethyl adjacent to an activating group) is 1. The van der Waals surface area contributed by atoms with E-state index < -0.39 is 0 Å². The van der Waals surface area contributed by atoms with Gasteiger partial charge in [-0.15, -0.1) is 0 Å². The zero-order valence-electron chi connectivity index (χ0n) is 6.02. The Hall–Kier alpha value is -0.830. The van der Waals surface area contributed by atoms with Crippen LogP contribution < -0.4 is 5.32 Å². The lowest BCUT2D eigenvalue weighted by Gasteiger charge is -1.95. The van der Waals surface area contributed by atoms with Crippen LogP contribution >= 0.6 is 0 Å². The van der Waals surface area contributed by atoms with Gasteiger partial charge in [-0.25, -0.2) is 0 Å². The molecule has 0 aromatic rings. The molecule has 0 saturated heterocycles. The lowest BCUT2D eigenvalue weighted by molar-refractivity contribution is -0.114. The Morgan fingerprint density at radius 3 is 3.20 bits per heavy atom. The topological polar surface area (TPSA) is 38.3 Å². The maximum Gasteiger partial charge on any atom is 0.175 e. The number of carbonyl (C=O) groups excluding carboxylic acids is 1. The molecule has 0 aromatic heterocycles. The van der Waals surface area contributed by atoms with Crippen LogP contribution in [0.5, 0.6) is 0 Å². The van der Waals surface area contributed by atoms with Crippen molar-refractivity contribution in [3.63, 3.8) is 0 Å². The van der Waals surface area contributed by atoms with E-state index in [1.54, 1.807) is 13.3 Å². The Bertz CT molecular complexity index is 163. The fourth-order valence-corrected chi connectivity index (χ4v) is 0.867. The van der Waals surface area contributed by atoms with Crippen molar-refractivity contribution in [2.24, 2.45) is 0 Å². The number of hydrogen-bond acceptors (Lipinski definition) is 3. The molecule has 0 saturated carbocycles. The molecule has 0 spiro atoms. The van der Waals surface area contributed by atoms with E-state index in [1.165, 1.54) is 0 Å². The molecule has 0 aliphatic carbocycles. The Kier molecular flexibility index (Phi) is 2.45. The van der Waals surface area contributed by atoms with Gasteiger partial charge >= 0.3 is 0 Å². The van der Waals surface area contributed by atoms with Gasteiger partial charge in [0.25, 0.3) is 0 Å². The van der Waals surface area contributed by atoms with Crippen LogP contribution in [0.1, 0.15) is 6.42 Å². The smallest absolute Gasteiger partial charge is 0.175 e. The minimum atomic E-state index is 0.139. The Morgan fingerprint density at radius 2 is 2.70 bits per heavy atom. The normalized spacial score (nSPS) is 16.3. The number of nitrogens with one attached hydrogen (secondary N) is 1. The molecule has 0 atom stereocenters. The van der Waals surface area contributed by atoms with Gasteiger partial charge < -0.3 is 10.1 Å². The highest BCUT2D eigenvalue weighted by Crippen LogP contribution is 2.10. The Morgan fingerprint density at radius 1 is 1.90 bits per heavy atom. The fraction of sp³-hybridized carbons (Fsp3) is 0.571. The van der Waals surface area contributed by atoms with Gasteiger partial charge in [-0.2, -0.15) is 0 Å². The molecule has 0 radical (unpaired) electrons. The van der Waals surface area contributed by atoms with Crippen molar-refractivity contribution in [3.05, 3.63) is 11.8 Å². The molecule has 0 aromatic carbocycles. The van der Waals surface area contributed by atoms with E-state index in [0.717, 1.165) is 12.0 Å². The van der Waals surface area contributed by atoms with E-state index in [2.05, 4.69) is 5.32 Å². The number of Topliss-reactive ketones (excluding diaryl/α,β-unsaturated/α-hetero) is 1. The zero-order valence-corrected chi connectivity index (χ0v) is 6.02. The zero-order chi connectivity index (χ0) is 7.40. The average Bonchev–Trinajstić information content (AvgIpc) is 2.38. The highest BCUT2D eigenvalue weighted by atomic mass is 16.5. The summed E-state index contributed by atoms with van der Waals surface area (Å²) in [4.78, 5) is 11.0. The molecule has 56 valence electrons. The second-order valence-corrected chi connectivity index (χ2v) is 2.22. The first-order valence-electron chi connectivity index (χ1n) is 3.33. The summed E-state index contributed by atoms with van der Waals surface area (Å²) in [6.45, 7) is 1.07. The van der Waals surface area contributed by atoms with Gasteiger partial charge in [0.1, 0.15) is 0 Å². The first-order valence-corrected chi connectivity index (χ1v) is 3.33. The molecule has 1 N–H and O–H groups in total. The number of rotatable bonds is 3. The summed E-state index contributed by atoms with van der Waals surface area (Å²) >= 11 is 0. The lowest BCUT2D eigenvalue weighted by Crippen LogP contribution is -2.19. The van der Waals surface area contributed by atoms with Crippen molar-refractivity contribution >= 4 is 5.78 Å². The van der Waals surface area contributed by atoms with Gasteiger partial charge in [-0.1, -0.05) is 0 Å². The van der Waals surface area contributed by atoms with Crippen molar-refractivity contribution in [1.29, 1.82) is 0 Å². The van der Waals surface area contributed by atoms with E-state index in [4.69, 9.17) is 4.74 Å². The number of hydrogen-bond donors (Lipinski definition) is 1. The maximum atomic E-state index is 11.0. The van der Waals surface area contributed by atoms with Gasteiger partial charge in [-0.3, -0.25) is 4.79 Å². The van der Waals surface area contributed by atoms with E-state index in [9.17, 15) is 4.79 Å². The summed E-state index contributed by atoms with van der Waals surface area (Å²) in [5, 5.41) is 2.80. The van der Waals surface area contributed by atoms with E-state index in [-0.39, 0.29) is 5.78 Å². The van der Waals surface area contributed by atoms with Gasteiger partial charge in [0.05, 0.1) is 19.4 Å². The quantitative estimate of drug-likeness (QED) is 0.605. The lowest BCUT2D eigenvalue weighted by atomic mass is 10.1. The minimum Gasteiger partial charge on any atom is -0.500 e. The van der Waals surface area contributed by atoms with Crippen molar-refractivity contribution in [2.75, 3.05) is 20.2 Å². The van der Waals surface area contributed by atoms with Crippen LogP contribution in [0.15, 0.2) is 11.8 Å². The van der Waals surface area contributed by atoms with E-state index in [1.807, 2.05) is 0 Å². The predicted molar refractivity (Wildman–Crippen MR) is 37.6 cm³/mol. The summed E-state index contributed by atoms with van der Waals surface area (Å²) in [6, 6.07) is 0. The first kappa shape index (κ1) is 7.28. The van der Waals surface area contributed by atoms with Gasteiger partial charge in [0, 0.05) is 12.0 Å². The van der Waals surface area contributed by atoms with Crippen LogP contribution in [0, 0.1) is 0 Å². The third-order valence-corrected chi connectivity index (χ3v) is 1.41. The molecular formula is C7H11NO2. The number of ether oxygens (including phenoxy) is 1. The molecule has 10 heavy (non-hydrogen) atoms. The summed E-state index contributed by atoms with van der Waals surface area (Å²) in [7, 11) is 1.76. The summed E-state index contributed by atoms with van der Waals surface area (Å²) in [5.41, 5.74) is 0.800. The standard InChI is InChI=1S/C7H11NO2/c1-8-4-7(9)6-2-3-10-5-6/h5,8H,2-4H2,1H3. The maximum absolute atomic E-state index is 11.0. The van der Waals surface area contributed by atoms with Crippen molar-refractivity contribution < 1.29 is 9.53 Å². The Balaban J connectivity index is 2.40. The molecule has 0 fully saturated rings. The average molecular weight is 141 g/mol. The molecule has 0 unspecified atom stereocenters. The molecule has 1 rings (SSSR count). The Labute approximate surface area is 60.1 Å². The largest absolute Gasteiger partial charge is 0.500 e. The number of carbonyl (C=O) groups is 1. The van der Waals surface area contributed by atoms with Gasteiger partial charge in [-0.05, 0) is 7.05 Å². The fourth-order valence-electron chi connectivity index (χ4n) is 0.867. The molecule has 3 nitrogen and oxygen atoms in total. The summed E-state index contributed by atoms with van der Waals surface area (Å²) in [5.74, 6) is 0.139. The first-order chi connectivity index (χ1) is 4.84. The van der Waals surface area contributed by atoms with Gasteiger partial charge in [0.2, 0.25) is 0 Å². The molecule has 1 heterocycles. The third kappa shape index (κ3) is 1.57. The SMILES string of the molecule is CNCC(=O)C1=COCC1. The molecule has 0 amide bonds. The van der Waals surface area contributed by atoms with Crippen LogP contribution in [0.3, 0.4) is 0 Å². The molecule has 1 aliphatic rings. The molecule has 0 bridgehead atoms. The minimum absolute atomic E-state index is 0.139. The molecular weight excluding hydrogens is 130 g/mol. The summed E-state index contributed by atoms with van der Waals surface area (Å²) in [6.07, 6.45) is 2.32.